The first-order chi connectivity index (χ1) is 12.9. The summed E-state index contributed by atoms with van der Waals surface area (Å²) >= 11 is 1.35. The van der Waals surface area contributed by atoms with E-state index in [1.165, 1.54) is 11.8 Å². The molecule has 2 N–H and O–H groups in total. The van der Waals surface area contributed by atoms with Crippen LogP contribution in [0.25, 0.3) is 0 Å². The van der Waals surface area contributed by atoms with Crippen LogP contribution in [0, 0.1) is 5.92 Å². The van der Waals surface area contributed by atoms with Crippen LogP contribution in [0.3, 0.4) is 0 Å². The Hall–Kier alpha value is -2.35. The molecular formula is C19H26N4O3S. The zero-order valence-electron chi connectivity index (χ0n) is 16.0. The van der Waals surface area contributed by atoms with E-state index in [0.717, 1.165) is 18.1 Å². The molecule has 0 fully saturated rings. The third kappa shape index (κ3) is 6.39. The molecule has 27 heavy (non-hydrogen) atoms. The predicted molar refractivity (Wildman–Crippen MR) is 105 cm³/mol. The van der Waals surface area contributed by atoms with Gasteiger partial charge in [0.2, 0.25) is 5.91 Å². The lowest BCUT2D eigenvalue weighted by Crippen LogP contribution is -2.15. The highest BCUT2D eigenvalue weighted by atomic mass is 32.2. The van der Waals surface area contributed by atoms with Crippen molar-refractivity contribution in [2.75, 3.05) is 12.4 Å². The smallest absolute Gasteiger partial charge is 0.217 e. The van der Waals surface area contributed by atoms with Gasteiger partial charge in [-0.1, -0.05) is 25.6 Å². The van der Waals surface area contributed by atoms with Gasteiger partial charge in [0.1, 0.15) is 11.6 Å². The second-order valence-electron chi connectivity index (χ2n) is 6.54. The molecule has 0 saturated heterocycles. The van der Waals surface area contributed by atoms with Crippen LogP contribution in [0.5, 0.6) is 5.75 Å². The molecule has 1 aromatic carbocycles. The van der Waals surface area contributed by atoms with Gasteiger partial charge in [0, 0.05) is 24.9 Å². The molecule has 0 aliphatic carbocycles. The number of nitrogens with zero attached hydrogens (tertiary/aromatic N) is 3. The monoisotopic (exact) mass is 390 g/mol. The number of carbonyl (C=O) groups excluding carboxylic acids is 2. The molecule has 0 unspecified atom stereocenters. The summed E-state index contributed by atoms with van der Waals surface area (Å²) < 4.78 is 7.37. The molecule has 7 nitrogen and oxygen atoms in total. The van der Waals surface area contributed by atoms with E-state index in [0.29, 0.717) is 29.7 Å². The number of hydrogen-bond donors (Lipinski definition) is 1. The average molecular weight is 391 g/mol. The van der Waals surface area contributed by atoms with Crippen molar-refractivity contribution in [1.82, 2.24) is 14.8 Å². The van der Waals surface area contributed by atoms with Crippen molar-refractivity contribution in [2.24, 2.45) is 11.7 Å². The van der Waals surface area contributed by atoms with Gasteiger partial charge in [0.25, 0.3) is 0 Å². The Morgan fingerprint density at radius 1 is 1.22 bits per heavy atom. The SMILES string of the molecule is CCOc1ccc(C(=O)CSc2nnc(CCC(N)=O)n2CC(C)C)cc1. The molecule has 2 rings (SSSR count). The number of carbonyl (C=O) groups is 2. The lowest BCUT2D eigenvalue weighted by molar-refractivity contribution is -0.118. The highest BCUT2D eigenvalue weighted by Gasteiger charge is 2.16. The highest BCUT2D eigenvalue weighted by Crippen LogP contribution is 2.21. The Bertz CT molecular complexity index is 772. The summed E-state index contributed by atoms with van der Waals surface area (Å²) in [5, 5.41) is 9.07. The normalized spacial score (nSPS) is 11.0. The van der Waals surface area contributed by atoms with Crippen molar-refractivity contribution in [3.8, 4) is 5.75 Å². The fourth-order valence-electron chi connectivity index (χ4n) is 2.51. The van der Waals surface area contributed by atoms with Crippen LogP contribution in [0.2, 0.25) is 0 Å². The van der Waals surface area contributed by atoms with E-state index >= 15 is 0 Å². The minimum atomic E-state index is -0.367. The summed E-state index contributed by atoms with van der Waals surface area (Å²) in [7, 11) is 0. The fraction of sp³-hybridized carbons (Fsp3) is 0.474. The standard InChI is InChI=1S/C19H26N4O3S/c1-4-26-15-7-5-14(6-8-15)16(24)12-27-19-22-21-18(10-9-17(20)25)23(19)11-13(2)3/h5-8,13H,4,9-12H2,1-3H3,(H2,20,25). The van der Waals surface area contributed by atoms with E-state index in [1.54, 1.807) is 24.3 Å². The van der Waals surface area contributed by atoms with Crippen molar-refractivity contribution in [3.63, 3.8) is 0 Å². The Kier molecular flexibility index (Phi) is 7.84. The molecule has 0 saturated carbocycles. The fourth-order valence-corrected chi connectivity index (χ4v) is 3.37. The van der Waals surface area contributed by atoms with Crippen LogP contribution >= 0.6 is 11.8 Å². The van der Waals surface area contributed by atoms with Gasteiger partial charge in [0.05, 0.1) is 12.4 Å². The van der Waals surface area contributed by atoms with E-state index in [4.69, 9.17) is 10.5 Å². The minimum Gasteiger partial charge on any atom is -0.494 e. The van der Waals surface area contributed by atoms with Crippen LogP contribution in [0.4, 0.5) is 0 Å². The van der Waals surface area contributed by atoms with Crippen molar-refractivity contribution >= 4 is 23.5 Å². The number of benzene rings is 1. The van der Waals surface area contributed by atoms with Gasteiger partial charge >= 0.3 is 0 Å². The first-order valence-electron chi connectivity index (χ1n) is 9.00. The molecular weight excluding hydrogens is 364 g/mol. The zero-order chi connectivity index (χ0) is 19.8. The third-order valence-corrected chi connectivity index (χ3v) is 4.72. The Morgan fingerprint density at radius 2 is 1.93 bits per heavy atom. The molecule has 1 amide bonds. The number of ketones is 1. The third-order valence-electron chi connectivity index (χ3n) is 3.76. The van der Waals surface area contributed by atoms with E-state index < -0.39 is 0 Å². The number of ether oxygens (including phenoxy) is 1. The number of aryl methyl sites for hydroxylation is 1. The van der Waals surface area contributed by atoms with Crippen LogP contribution in [0.15, 0.2) is 29.4 Å². The van der Waals surface area contributed by atoms with Crippen LogP contribution in [-0.4, -0.2) is 38.8 Å². The van der Waals surface area contributed by atoms with Gasteiger partial charge in [-0.2, -0.15) is 0 Å². The van der Waals surface area contributed by atoms with Gasteiger partial charge in [-0.15, -0.1) is 10.2 Å². The van der Waals surface area contributed by atoms with Gasteiger partial charge in [-0.05, 0) is 37.1 Å². The molecule has 0 aliphatic rings. The van der Waals surface area contributed by atoms with Gasteiger partial charge in [-0.3, -0.25) is 9.59 Å². The summed E-state index contributed by atoms with van der Waals surface area (Å²) in [5.41, 5.74) is 5.87. The van der Waals surface area contributed by atoms with Crippen LogP contribution < -0.4 is 10.5 Å². The number of rotatable bonds is 11. The predicted octanol–water partition coefficient (Wildman–Crippen LogP) is 2.73. The van der Waals surface area contributed by atoms with Crippen molar-refractivity contribution in [2.45, 2.75) is 45.3 Å². The van der Waals surface area contributed by atoms with Crippen molar-refractivity contribution in [3.05, 3.63) is 35.7 Å². The zero-order valence-corrected chi connectivity index (χ0v) is 16.8. The van der Waals surface area contributed by atoms with E-state index in [9.17, 15) is 9.59 Å². The number of aromatic nitrogens is 3. The highest BCUT2D eigenvalue weighted by molar-refractivity contribution is 7.99. The minimum absolute atomic E-state index is 0.0147. The topological polar surface area (TPSA) is 100 Å². The molecule has 0 radical (unpaired) electrons. The Morgan fingerprint density at radius 3 is 2.52 bits per heavy atom. The first-order valence-corrected chi connectivity index (χ1v) is 9.98. The molecule has 1 heterocycles. The molecule has 0 bridgehead atoms. The summed E-state index contributed by atoms with van der Waals surface area (Å²) in [4.78, 5) is 23.5. The molecule has 146 valence electrons. The van der Waals surface area contributed by atoms with Gasteiger partial charge in [-0.25, -0.2) is 0 Å². The Balaban J connectivity index is 2.04. The number of hydrogen-bond acceptors (Lipinski definition) is 6. The van der Waals surface area contributed by atoms with Crippen molar-refractivity contribution < 1.29 is 14.3 Å². The van der Waals surface area contributed by atoms with E-state index in [1.807, 2.05) is 11.5 Å². The molecule has 1 aromatic heterocycles. The molecule has 2 aromatic rings. The summed E-state index contributed by atoms with van der Waals surface area (Å²) in [5.74, 6) is 1.76. The number of Topliss-reactive ketones (excluding diaryl/α,β-unsaturated/α-hetero) is 1. The largest absolute Gasteiger partial charge is 0.494 e. The van der Waals surface area contributed by atoms with E-state index in [-0.39, 0.29) is 23.9 Å². The maximum Gasteiger partial charge on any atom is 0.217 e. The number of primary amides is 1. The average Bonchev–Trinajstić information content (AvgIpc) is 3.00. The quantitative estimate of drug-likeness (QED) is 0.468. The lowest BCUT2D eigenvalue weighted by atomic mass is 10.1. The van der Waals surface area contributed by atoms with Crippen LogP contribution in [0.1, 0.15) is 43.4 Å². The molecule has 0 aliphatic heterocycles. The van der Waals surface area contributed by atoms with Crippen molar-refractivity contribution in [1.29, 1.82) is 0 Å². The summed E-state index contributed by atoms with van der Waals surface area (Å²) in [6, 6.07) is 7.13. The van der Waals surface area contributed by atoms with Gasteiger partial charge < -0.3 is 15.0 Å². The maximum atomic E-state index is 12.5. The maximum absolute atomic E-state index is 12.5. The lowest BCUT2D eigenvalue weighted by Gasteiger charge is -2.12. The molecule has 8 heteroatoms. The van der Waals surface area contributed by atoms with E-state index in [2.05, 4.69) is 24.0 Å². The molecule has 0 atom stereocenters. The Labute approximate surface area is 163 Å². The number of amides is 1. The summed E-state index contributed by atoms with van der Waals surface area (Å²) in [6.45, 7) is 7.42. The van der Waals surface area contributed by atoms with Gasteiger partial charge in [0.15, 0.2) is 10.9 Å². The second kappa shape index (κ2) is 10.1. The molecule has 0 spiro atoms. The number of thioether (sulfide) groups is 1. The second-order valence-corrected chi connectivity index (χ2v) is 7.48. The van der Waals surface area contributed by atoms with Crippen LogP contribution in [-0.2, 0) is 17.8 Å². The first kappa shape index (κ1) is 21.0. The number of nitrogens with two attached hydrogens (primary N) is 1. The summed E-state index contributed by atoms with van der Waals surface area (Å²) in [6.07, 6.45) is 0.675.